The van der Waals surface area contributed by atoms with Gasteiger partial charge in [0.15, 0.2) is 0 Å². The van der Waals surface area contributed by atoms with Crippen molar-refractivity contribution in [2.45, 2.75) is 64.0 Å². The van der Waals surface area contributed by atoms with Crippen LogP contribution in [0.3, 0.4) is 0 Å². The summed E-state index contributed by atoms with van der Waals surface area (Å²) in [5, 5.41) is 9.67. The third-order valence-corrected chi connectivity index (χ3v) is 7.28. The Hall–Kier alpha value is -2.78. The maximum absolute atomic E-state index is 13.4. The molecule has 2 aliphatic rings. The first-order chi connectivity index (χ1) is 16.4. The van der Waals surface area contributed by atoms with E-state index in [2.05, 4.69) is 27.7 Å². The lowest BCUT2D eigenvalue weighted by atomic mass is 9.79. The Morgan fingerprint density at radius 2 is 1.91 bits per heavy atom. The van der Waals surface area contributed by atoms with E-state index in [0.29, 0.717) is 36.1 Å². The van der Waals surface area contributed by atoms with E-state index in [0.717, 1.165) is 44.2 Å². The zero-order chi connectivity index (χ0) is 24.1. The van der Waals surface area contributed by atoms with Crippen LogP contribution in [0.15, 0.2) is 29.1 Å². The van der Waals surface area contributed by atoms with Gasteiger partial charge in [0.1, 0.15) is 23.5 Å². The highest BCUT2D eigenvalue weighted by atomic mass is 16.5. The zero-order valence-corrected chi connectivity index (χ0v) is 20.1. The van der Waals surface area contributed by atoms with E-state index in [4.69, 9.17) is 14.0 Å². The quantitative estimate of drug-likeness (QED) is 0.635. The van der Waals surface area contributed by atoms with Crippen LogP contribution in [0.5, 0.6) is 0 Å². The van der Waals surface area contributed by atoms with Crippen molar-refractivity contribution >= 4 is 17.5 Å². The van der Waals surface area contributed by atoms with E-state index in [-0.39, 0.29) is 17.7 Å². The zero-order valence-electron chi connectivity index (χ0n) is 20.1. The number of hydrogen-bond donors (Lipinski definition) is 2. The summed E-state index contributed by atoms with van der Waals surface area (Å²) in [5.41, 5.74) is 1.78. The molecule has 9 heteroatoms. The minimum absolute atomic E-state index is 0.0616. The van der Waals surface area contributed by atoms with E-state index in [9.17, 15) is 9.59 Å². The van der Waals surface area contributed by atoms with E-state index < -0.39 is 11.6 Å². The number of nitrogens with one attached hydrogen (secondary N) is 2. The third-order valence-electron chi connectivity index (χ3n) is 7.28. The number of carbonyl (C=O) groups is 2. The molecule has 2 aromatic heterocycles. The SMILES string of the molecule is COC1(c2ccc(NC(=O)[C@@H](NC(=O)c3conc3C)[C@H]3CC[C@H](C)CC3)cn2)CCOCC1. The maximum atomic E-state index is 13.4. The fourth-order valence-corrected chi connectivity index (χ4v) is 4.97. The number of aryl methyl sites for hydroxylation is 1. The Bertz CT molecular complexity index is 975. The number of anilines is 1. The van der Waals surface area contributed by atoms with Crippen LogP contribution in [0.25, 0.3) is 0 Å². The predicted octanol–water partition coefficient (Wildman–Crippen LogP) is 3.59. The molecule has 2 fully saturated rings. The molecule has 4 rings (SSSR count). The molecular formula is C25H34N4O5. The van der Waals surface area contributed by atoms with Gasteiger partial charge in [-0.05, 0) is 43.7 Å². The Morgan fingerprint density at radius 3 is 2.50 bits per heavy atom. The van der Waals surface area contributed by atoms with Gasteiger partial charge in [-0.1, -0.05) is 24.9 Å². The van der Waals surface area contributed by atoms with Gasteiger partial charge in [-0.2, -0.15) is 0 Å². The molecule has 1 atom stereocenters. The molecule has 1 aliphatic carbocycles. The van der Waals surface area contributed by atoms with Crippen LogP contribution < -0.4 is 10.6 Å². The Labute approximate surface area is 200 Å². The summed E-state index contributed by atoms with van der Waals surface area (Å²) < 4.78 is 16.2. The molecule has 0 spiro atoms. The molecule has 1 saturated heterocycles. The summed E-state index contributed by atoms with van der Waals surface area (Å²) in [6.07, 6.45) is 8.28. The minimum atomic E-state index is -0.658. The number of ether oxygens (including phenoxy) is 2. The van der Waals surface area contributed by atoms with Crippen molar-refractivity contribution < 1.29 is 23.6 Å². The molecule has 0 radical (unpaired) electrons. The fraction of sp³-hybridized carbons (Fsp3) is 0.600. The van der Waals surface area contributed by atoms with Crippen LogP contribution in [0.2, 0.25) is 0 Å². The molecule has 2 amide bonds. The van der Waals surface area contributed by atoms with Crippen LogP contribution in [-0.4, -0.2) is 48.3 Å². The molecule has 9 nitrogen and oxygen atoms in total. The van der Waals surface area contributed by atoms with E-state index >= 15 is 0 Å². The highest BCUT2D eigenvalue weighted by Crippen LogP contribution is 2.35. The fourth-order valence-electron chi connectivity index (χ4n) is 4.97. The summed E-state index contributed by atoms with van der Waals surface area (Å²) >= 11 is 0. The lowest BCUT2D eigenvalue weighted by molar-refractivity contribution is -0.119. The average Bonchev–Trinajstić information content (AvgIpc) is 3.30. The number of nitrogens with zero attached hydrogens (tertiary/aromatic N) is 2. The molecule has 2 N–H and O–H groups in total. The van der Waals surface area contributed by atoms with Crippen LogP contribution in [0.4, 0.5) is 5.69 Å². The molecule has 184 valence electrons. The van der Waals surface area contributed by atoms with Gasteiger partial charge >= 0.3 is 0 Å². The number of carbonyl (C=O) groups excluding carboxylic acids is 2. The summed E-state index contributed by atoms with van der Waals surface area (Å²) in [7, 11) is 1.69. The highest BCUT2D eigenvalue weighted by Gasteiger charge is 2.36. The van der Waals surface area contributed by atoms with Crippen LogP contribution in [0.1, 0.15) is 67.2 Å². The van der Waals surface area contributed by atoms with Gasteiger partial charge in [0, 0.05) is 33.2 Å². The standard InChI is InChI=1S/C25H34N4O5/c1-16-4-6-18(7-5-16)22(28-23(30)20-15-34-29-17(20)2)24(31)27-19-8-9-21(26-14-19)25(32-3)10-12-33-13-11-25/h8-9,14-16,18,22H,4-7,10-13H2,1-3H3,(H,27,31)(H,28,30)/t16-,18-,22-/m0/s1. The largest absolute Gasteiger partial charge is 0.381 e. The number of pyridine rings is 1. The molecule has 34 heavy (non-hydrogen) atoms. The summed E-state index contributed by atoms with van der Waals surface area (Å²) in [6.45, 7) is 5.18. The molecule has 0 unspecified atom stereocenters. The second kappa shape index (κ2) is 10.7. The number of rotatable bonds is 7. The van der Waals surface area contributed by atoms with Crippen LogP contribution in [-0.2, 0) is 19.9 Å². The number of hydrogen-bond acceptors (Lipinski definition) is 7. The minimum Gasteiger partial charge on any atom is -0.381 e. The van der Waals surface area contributed by atoms with Crippen molar-refractivity contribution in [1.29, 1.82) is 0 Å². The smallest absolute Gasteiger partial charge is 0.257 e. The van der Waals surface area contributed by atoms with Crippen molar-refractivity contribution in [3.05, 3.63) is 41.5 Å². The summed E-state index contributed by atoms with van der Waals surface area (Å²) in [6, 6.07) is 3.07. The first-order valence-corrected chi connectivity index (χ1v) is 12.0. The Morgan fingerprint density at radius 1 is 1.18 bits per heavy atom. The van der Waals surface area contributed by atoms with Gasteiger partial charge in [-0.15, -0.1) is 0 Å². The second-order valence-corrected chi connectivity index (χ2v) is 9.52. The predicted molar refractivity (Wildman–Crippen MR) is 125 cm³/mol. The van der Waals surface area contributed by atoms with Gasteiger partial charge in [0.2, 0.25) is 5.91 Å². The van der Waals surface area contributed by atoms with Crippen LogP contribution in [0, 0.1) is 18.8 Å². The molecular weight excluding hydrogens is 436 g/mol. The van der Waals surface area contributed by atoms with E-state index in [1.54, 1.807) is 20.2 Å². The van der Waals surface area contributed by atoms with Crippen LogP contribution >= 0.6 is 0 Å². The van der Waals surface area contributed by atoms with Gasteiger partial charge < -0.3 is 24.6 Å². The molecule has 1 aliphatic heterocycles. The number of methoxy groups -OCH3 is 1. The summed E-state index contributed by atoms with van der Waals surface area (Å²) in [5.74, 6) is 0.0918. The van der Waals surface area contributed by atoms with E-state index in [1.165, 1.54) is 6.26 Å². The molecule has 0 aromatic carbocycles. The van der Waals surface area contributed by atoms with Gasteiger partial charge in [0.05, 0.1) is 23.3 Å². The second-order valence-electron chi connectivity index (χ2n) is 9.52. The lowest BCUT2D eigenvalue weighted by Gasteiger charge is -2.35. The molecule has 2 aromatic rings. The average molecular weight is 471 g/mol. The van der Waals surface area contributed by atoms with Crippen molar-refractivity contribution in [2.24, 2.45) is 11.8 Å². The van der Waals surface area contributed by atoms with Gasteiger partial charge in [0.25, 0.3) is 5.91 Å². The van der Waals surface area contributed by atoms with Gasteiger partial charge in [-0.25, -0.2) is 0 Å². The normalized spacial score (nSPS) is 23.1. The Kier molecular flexibility index (Phi) is 7.63. The number of amides is 2. The maximum Gasteiger partial charge on any atom is 0.257 e. The molecule has 0 bridgehead atoms. The lowest BCUT2D eigenvalue weighted by Crippen LogP contribution is -2.49. The van der Waals surface area contributed by atoms with Gasteiger partial charge in [-0.3, -0.25) is 14.6 Å². The number of aromatic nitrogens is 2. The van der Waals surface area contributed by atoms with Crippen molar-refractivity contribution in [2.75, 3.05) is 25.6 Å². The molecule has 1 saturated carbocycles. The summed E-state index contributed by atoms with van der Waals surface area (Å²) in [4.78, 5) is 30.8. The third kappa shape index (κ3) is 5.31. The Balaban J connectivity index is 1.48. The van der Waals surface area contributed by atoms with Crippen molar-refractivity contribution in [3.63, 3.8) is 0 Å². The van der Waals surface area contributed by atoms with Crippen molar-refractivity contribution in [3.8, 4) is 0 Å². The first kappa shape index (κ1) is 24.3. The topological polar surface area (TPSA) is 116 Å². The molecule has 3 heterocycles. The van der Waals surface area contributed by atoms with E-state index in [1.807, 2.05) is 12.1 Å². The first-order valence-electron chi connectivity index (χ1n) is 12.0. The van der Waals surface area contributed by atoms with Crippen molar-refractivity contribution in [1.82, 2.24) is 15.5 Å². The monoisotopic (exact) mass is 470 g/mol. The highest BCUT2D eigenvalue weighted by molar-refractivity contribution is 6.01.